The molecule has 0 radical (unpaired) electrons. The first-order valence-electron chi connectivity index (χ1n) is 5.56. The van der Waals surface area contributed by atoms with Crippen LogP contribution >= 0.6 is 23.2 Å². The normalized spacial score (nSPS) is 13.0. The van der Waals surface area contributed by atoms with Crippen molar-refractivity contribution in [2.45, 2.75) is 25.0 Å². The highest BCUT2D eigenvalue weighted by molar-refractivity contribution is 6.20. The predicted octanol–water partition coefficient (Wildman–Crippen LogP) is 3.35. The van der Waals surface area contributed by atoms with Crippen molar-refractivity contribution in [3.8, 4) is 0 Å². The summed E-state index contributed by atoms with van der Waals surface area (Å²) in [6.45, 7) is 3.01. The van der Waals surface area contributed by atoms with Crippen LogP contribution < -0.4 is 10.6 Å². The quantitative estimate of drug-likeness (QED) is 0.830. The van der Waals surface area contributed by atoms with Gasteiger partial charge in [-0.2, -0.15) is 0 Å². The molecule has 2 atom stereocenters. The smallest absolute Gasteiger partial charge is 0.414 e. The molecule has 1 rings (SSSR count). The first-order chi connectivity index (χ1) is 9.36. The lowest BCUT2D eigenvalue weighted by atomic mass is 10.4. The summed E-state index contributed by atoms with van der Waals surface area (Å²) in [5.41, 5.74) is -1.10. The Balaban J connectivity index is 2.52. The second kappa shape index (κ2) is 7.76. The first-order valence-corrected chi connectivity index (χ1v) is 6.43. The van der Waals surface area contributed by atoms with Crippen LogP contribution in [-0.2, 0) is 9.47 Å². The van der Waals surface area contributed by atoms with Gasteiger partial charge in [-0.1, -0.05) is 23.2 Å². The van der Waals surface area contributed by atoms with Crippen molar-refractivity contribution in [3.63, 3.8) is 0 Å². The van der Waals surface area contributed by atoms with Crippen LogP contribution in [0.3, 0.4) is 0 Å². The Kier molecular flexibility index (Phi) is 6.33. The van der Waals surface area contributed by atoms with Crippen LogP contribution in [0.2, 0.25) is 0 Å². The molecule has 0 fully saturated rings. The minimum atomic E-state index is -0.747. The van der Waals surface area contributed by atoms with Crippen LogP contribution in [-0.4, -0.2) is 28.3 Å². The van der Waals surface area contributed by atoms with E-state index in [0.29, 0.717) is 5.69 Å². The standard InChI is InChI=1S/C11H13Cl2N3O4/c1-6(12)19-10(17)15-8-3-4-9(14-5-8)16-11(18)20-7(2)13/h3-7H,1-2H3,(H,15,17)(H,14,16,18). The van der Waals surface area contributed by atoms with Crippen LogP contribution in [0.4, 0.5) is 21.1 Å². The van der Waals surface area contributed by atoms with Crippen LogP contribution in [0.1, 0.15) is 13.8 Å². The third kappa shape index (κ3) is 6.44. The highest BCUT2D eigenvalue weighted by Crippen LogP contribution is 2.11. The van der Waals surface area contributed by atoms with Gasteiger partial charge in [0.25, 0.3) is 0 Å². The third-order valence-electron chi connectivity index (χ3n) is 1.78. The molecule has 0 spiro atoms. The molecular formula is C11H13Cl2N3O4. The van der Waals surface area contributed by atoms with E-state index in [-0.39, 0.29) is 5.82 Å². The summed E-state index contributed by atoms with van der Waals surface area (Å²) in [6.07, 6.45) is -0.0960. The molecule has 0 aliphatic rings. The summed E-state index contributed by atoms with van der Waals surface area (Å²) in [5.74, 6) is 0.247. The van der Waals surface area contributed by atoms with Gasteiger partial charge in [0.1, 0.15) is 5.82 Å². The van der Waals surface area contributed by atoms with Gasteiger partial charge < -0.3 is 9.47 Å². The molecule has 2 amide bonds. The highest BCUT2D eigenvalue weighted by atomic mass is 35.5. The van der Waals surface area contributed by atoms with Gasteiger partial charge in [-0.3, -0.25) is 10.6 Å². The number of pyridine rings is 1. The van der Waals surface area contributed by atoms with Crippen molar-refractivity contribution in [2.75, 3.05) is 10.6 Å². The SMILES string of the molecule is CC(Cl)OC(=O)Nc1ccc(NC(=O)OC(C)Cl)nc1. The summed E-state index contributed by atoms with van der Waals surface area (Å²) in [6, 6.07) is 2.99. The minimum absolute atomic E-state index is 0.247. The zero-order chi connectivity index (χ0) is 15.1. The van der Waals surface area contributed by atoms with E-state index >= 15 is 0 Å². The average Bonchev–Trinajstić information content (AvgIpc) is 2.29. The molecule has 9 heteroatoms. The van der Waals surface area contributed by atoms with Crippen LogP contribution in [0.25, 0.3) is 0 Å². The Morgan fingerprint density at radius 1 is 1.10 bits per heavy atom. The number of rotatable bonds is 4. The van der Waals surface area contributed by atoms with Gasteiger partial charge in [-0.05, 0) is 26.0 Å². The number of ether oxygens (including phenoxy) is 2. The number of hydrogen-bond acceptors (Lipinski definition) is 5. The van der Waals surface area contributed by atoms with E-state index in [1.54, 1.807) is 0 Å². The van der Waals surface area contributed by atoms with E-state index in [4.69, 9.17) is 23.2 Å². The Morgan fingerprint density at radius 3 is 2.10 bits per heavy atom. The van der Waals surface area contributed by atoms with Gasteiger partial charge in [-0.25, -0.2) is 14.6 Å². The van der Waals surface area contributed by atoms with Crippen molar-refractivity contribution >= 4 is 46.9 Å². The highest BCUT2D eigenvalue weighted by Gasteiger charge is 2.09. The number of anilines is 2. The van der Waals surface area contributed by atoms with E-state index in [0.717, 1.165) is 0 Å². The van der Waals surface area contributed by atoms with E-state index in [9.17, 15) is 9.59 Å². The van der Waals surface area contributed by atoms with Crippen molar-refractivity contribution in [1.29, 1.82) is 0 Å². The summed E-state index contributed by atoms with van der Waals surface area (Å²) in [7, 11) is 0. The molecule has 0 aliphatic carbocycles. The second-order valence-electron chi connectivity index (χ2n) is 3.58. The molecule has 1 aromatic heterocycles. The largest absolute Gasteiger partial charge is 0.430 e. The van der Waals surface area contributed by atoms with Gasteiger partial charge >= 0.3 is 12.2 Å². The topological polar surface area (TPSA) is 89.6 Å². The number of alkyl halides is 2. The Hall–Kier alpha value is -1.73. The molecule has 0 aromatic carbocycles. The molecule has 0 bridgehead atoms. The van der Waals surface area contributed by atoms with Crippen LogP contribution in [0.15, 0.2) is 18.3 Å². The minimum Gasteiger partial charge on any atom is -0.430 e. The number of aromatic nitrogens is 1. The molecule has 1 heterocycles. The molecule has 0 saturated heterocycles. The molecular weight excluding hydrogens is 309 g/mol. The maximum Gasteiger partial charge on any atom is 0.414 e. The van der Waals surface area contributed by atoms with E-state index in [1.807, 2.05) is 0 Å². The lowest BCUT2D eigenvalue weighted by Crippen LogP contribution is -2.18. The van der Waals surface area contributed by atoms with Gasteiger partial charge in [0.2, 0.25) is 0 Å². The number of nitrogens with zero attached hydrogens (tertiary/aromatic N) is 1. The van der Waals surface area contributed by atoms with Gasteiger partial charge in [0.05, 0.1) is 11.9 Å². The number of carbonyl (C=O) groups excluding carboxylic acids is 2. The maximum absolute atomic E-state index is 11.3. The van der Waals surface area contributed by atoms with Crippen molar-refractivity contribution in [1.82, 2.24) is 4.98 Å². The molecule has 20 heavy (non-hydrogen) atoms. The van der Waals surface area contributed by atoms with Crippen molar-refractivity contribution < 1.29 is 19.1 Å². The Bertz CT molecular complexity index is 422. The number of nitrogens with one attached hydrogen (secondary N) is 2. The molecule has 7 nitrogen and oxygen atoms in total. The molecule has 0 saturated carbocycles. The molecule has 2 N–H and O–H groups in total. The molecule has 0 aliphatic heterocycles. The van der Waals surface area contributed by atoms with Gasteiger partial charge in [0, 0.05) is 0 Å². The van der Waals surface area contributed by atoms with Gasteiger partial charge in [0.15, 0.2) is 11.1 Å². The maximum atomic E-state index is 11.3. The predicted molar refractivity (Wildman–Crippen MR) is 75.1 cm³/mol. The molecule has 110 valence electrons. The zero-order valence-corrected chi connectivity index (χ0v) is 12.2. The molecule has 1 aromatic rings. The van der Waals surface area contributed by atoms with E-state index in [1.165, 1.54) is 32.2 Å². The monoisotopic (exact) mass is 321 g/mol. The van der Waals surface area contributed by atoms with Crippen molar-refractivity contribution in [2.24, 2.45) is 0 Å². The fourth-order valence-corrected chi connectivity index (χ4v) is 1.28. The third-order valence-corrected chi connectivity index (χ3v) is 1.96. The lowest BCUT2D eigenvalue weighted by molar-refractivity contribution is 0.153. The second-order valence-corrected chi connectivity index (χ2v) is 4.81. The first kappa shape index (κ1) is 16.3. The number of hydrogen-bond donors (Lipinski definition) is 2. The Morgan fingerprint density at radius 2 is 1.65 bits per heavy atom. The lowest BCUT2D eigenvalue weighted by Gasteiger charge is -2.09. The van der Waals surface area contributed by atoms with E-state index < -0.39 is 23.3 Å². The fraction of sp³-hybridized carbons (Fsp3) is 0.364. The summed E-state index contributed by atoms with van der Waals surface area (Å²) in [4.78, 5) is 26.4. The van der Waals surface area contributed by atoms with E-state index in [2.05, 4.69) is 25.1 Å². The number of halogens is 2. The summed E-state index contributed by atoms with van der Waals surface area (Å²) < 4.78 is 9.34. The zero-order valence-electron chi connectivity index (χ0n) is 10.7. The van der Waals surface area contributed by atoms with Crippen LogP contribution in [0.5, 0.6) is 0 Å². The summed E-state index contributed by atoms with van der Waals surface area (Å²) >= 11 is 11.0. The van der Waals surface area contributed by atoms with Crippen molar-refractivity contribution in [3.05, 3.63) is 18.3 Å². The molecule has 2 unspecified atom stereocenters. The average molecular weight is 322 g/mol. The number of amides is 2. The Labute approximate surface area is 125 Å². The fourth-order valence-electron chi connectivity index (χ4n) is 1.12. The van der Waals surface area contributed by atoms with Crippen LogP contribution in [0, 0.1) is 0 Å². The van der Waals surface area contributed by atoms with Gasteiger partial charge in [-0.15, -0.1) is 0 Å². The summed E-state index contributed by atoms with van der Waals surface area (Å²) in [5, 5.41) is 4.78. The number of carbonyl (C=O) groups is 2.